The Kier molecular flexibility index (Phi) is 3.72. The van der Waals surface area contributed by atoms with Crippen molar-refractivity contribution in [2.24, 2.45) is 0 Å². The maximum absolute atomic E-state index is 12.1. The smallest absolute Gasteiger partial charge is 0.304 e. The normalized spacial score (nSPS) is 10.7. The molecule has 3 aromatic rings. The highest BCUT2D eigenvalue weighted by molar-refractivity contribution is 7.07. The lowest BCUT2D eigenvalue weighted by atomic mass is 10.1. The van der Waals surface area contributed by atoms with Crippen molar-refractivity contribution in [3.05, 3.63) is 61.9 Å². The number of halogens is 1. The van der Waals surface area contributed by atoms with Crippen molar-refractivity contribution in [2.45, 2.75) is 6.54 Å². The second-order valence-electron chi connectivity index (χ2n) is 4.38. The number of amides is 1. The molecule has 5 nitrogen and oxygen atoms in total. The highest BCUT2D eigenvalue weighted by atomic mass is 35.5. The van der Waals surface area contributed by atoms with Crippen LogP contribution in [0.4, 0.5) is 0 Å². The summed E-state index contributed by atoms with van der Waals surface area (Å²) in [6.07, 6.45) is 0. The maximum atomic E-state index is 12.1. The van der Waals surface area contributed by atoms with Crippen LogP contribution in [0.5, 0.6) is 0 Å². The van der Waals surface area contributed by atoms with Gasteiger partial charge >= 0.3 is 4.87 Å². The predicted octanol–water partition coefficient (Wildman–Crippen LogP) is 2.57. The van der Waals surface area contributed by atoms with Gasteiger partial charge in [-0.1, -0.05) is 47.2 Å². The first-order chi connectivity index (χ1) is 10.1. The third kappa shape index (κ3) is 2.96. The van der Waals surface area contributed by atoms with E-state index in [1.165, 1.54) is 0 Å². The molecule has 0 aliphatic heterocycles. The van der Waals surface area contributed by atoms with E-state index in [0.717, 1.165) is 22.1 Å². The summed E-state index contributed by atoms with van der Waals surface area (Å²) >= 11 is 7.15. The van der Waals surface area contributed by atoms with Gasteiger partial charge in [0.05, 0.1) is 6.54 Å². The zero-order valence-electron chi connectivity index (χ0n) is 10.7. The molecule has 0 spiro atoms. The summed E-state index contributed by atoms with van der Waals surface area (Å²) in [5, 5.41) is 6.32. The molecule has 1 aromatic carbocycles. The second-order valence-corrected chi connectivity index (χ2v) is 5.58. The number of fused-ring (bicyclic) bond motifs is 1. The Morgan fingerprint density at radius 3 is 2.95 bits per heavy atom. The largest absolute Gasteiger partial charge is 0.345 e. The average Bonchev–Trinajstić information content (AvgIpc) is 2.90. The Balaban J connectivity index is 1.82. The van der Waals surface area contributed by atoms with E-state index >= 15 is 0 Å². The van der Waals surface area contributed by atoms with Crippen LogP contribution in [0, 0.1) is 0 Å². The lowest BCUT2D eigenvalue weighted by Gasteiger charge is -2.06. The van der Waals surface area contributed by atoms with E-state index in [9.17, 15) is 9.59 Å². The molecular formula is C14H10ClN3O2S. The number of H-pyrrole nitrogens is 1. The van der Waals surface area contributed by atoms with Crippen LogP contribution in [0.15, 0.2) is 40.5 Å². The van der Waals surface area contributed by atoms with Gasteiger partial charge in [0.1, 0.15) is 10.8 Å². The molecule has 2 aromatic heterocycles. The summed E-state index contributed by atoms with van der Waals surface area (Å²) in [5.74, 6) is -0.338. The molecule has 0 bridgehead atoms. The van der Waals surface area contributed by atoms with Crippen molar-refractivity contribution >= 4 is 39.6 Å². The van der Waals surface area contributed by atoms with Crippen molar-refractivity contribution < 1.29 is 4.79 Å². The van der Waals surface area contributed by atoms with Gasteiger partial charge in [-0.2, -0.15) is 0 Å². The van der Waals surface area contributed by atoms with E-state index in [2.05, 4.69) is 15.3 Å². The fourth-order valence-electron chi connectivity index (χ4n) is 1.94. The maximum Gasteiger partial charge on any atom is 0.304 e. The van der Waals surface area contributed by atoms with Crippen LogP contribution in [0.25, 0.3) is 10.8 Å². The minimum absolute atomic E-state index is 0.147. The molecule has 0 atom stereocenters. The molecule has 2 heterocycles. The van der Waals surface area contributed by atoms with Gasteiger partial charge in [-0.3, -0.25) is 9.59 Å². The average molecular weight is 320 g/mol. The minimum Gasteiger partial charge on any atom is -0.345 e. The van der Waals surface area contributed by atoms with Crippen LogP contribution in [0.2, 0.25) is 5.15 Å². The Morgan fingerprint density at radius 2 is 2.19 bits per heavy atom. The number of hydrogen-bond acceptors (Lipinski definition) is 4. The third-order valence-corrected chi connectivity index (χ3v) is 3.94. The number of pyridine rings is 1. The first-order valence-corrected chi connectivity index (χ1v) is 7.39. The highest BCUT2D eigenvalue weighted by Crippen LogP contribution is 2.22. The molecular weight excluding hydrogens is 310 g/mol. The second kappa shape index (κ2) is 5.67. The van der Waals surface area contributed by atoms with E-state index in [1.807, 2.05) is 24.3 Å². The van der Waals surface area contributed by atoms with Gasteiger partial charge in [0, 0.05) is 16.5 Å². The van der Waals surface area contributed by atoms with Crippen LogP contribution in [-0.2, 0) is 6.54 Å². The molecule has 2 N–H and O–H groups in total. The molecule has 106 valence electrons. The number of rotatable bonds is 3. The number of thiazole rings is 1. The van der Waals surface area contributed by atoms with E-state index in [4.69, 9.17) is 11.6 Å². The minimum atomic E-state index is -0.338. The lowest BCUT2D eigenvalue weighted by molar-refractivity contribution is 0.0945. The number of nitrogens with zero attached hydrogens (tertiary/aromatic N) is 1. The molecule has 1 amide bonds. The standard InChI is InChI=1S/C14H10ClN3O2S/c15-12-10-4-2-1-3-8(10)5-11(18-12)13(19)16-6-9-7-21-14(20)17-9/h1-5,7H,6H2,(H,16,19)(H,17,20). The van der Waals surface area contributed by atoms with Crippen LogP contribution in [0.1, 0.15) is 16.2 Å². The third-order valence-electron chi connectivity index (χ3n) is 2.94. The van der Waals surface area contributed by atoms with Gasteiger partial charge in [0.25, 0.3) is 5.91 Å². The summed E-state index contributed by atoms with van der Waals surface area (Å²) in [4.78, 5) is 29.7. The van der Waals surface area contributed by atoms with Gasteiger partial charge in [0.15, 0.2) is 0 Å². The van der Waals surface area contributed by atoms with Crippen LogP contribution >= 0.6 is 22.9 Å². The molecule has 7 heteroatoms. The number of hydrogen-bond donors (Lipinski definition) is 2. The summed E-state index contributed by atoms with van der Waals surface area (Å²) in [6.45, 7) is 0.240. The van der Waals surface area contributed by atoms with E-state index in [-0.39, 0.29) is 23.0 Å². The van der Waals surface area contributed by atoms with Gasteiger partial charge in [-0.05, 0) is 11.5 Å². The molecule has 0 saturated carbocycles. The van der Waals surface area contributed by atoms with Crippen molar-refractivity contribution in [2.75, 3.05) is 0 Å². The highest BCUT2D eigenvalue weighted by Gasteiger charge is 2.11. The molecule has 21 heavy (non-hydrogen) atoms. The summed E-state index contributed by atoms with van der Waals surface area (Å²) in [6, 6.07) is 9.14. The number of carbonyl (C=O) groups is 1. The fraction of sp³-hybridized carbons (Fsp3) is 0.0714. The van der Waals surface area contributed by atoms with Crippen molar-refractivity contribution in [3.63, 3.8) is 0 Å². The zero-order valence-corrected chi connectivity index (χ0v) is 12.3. The van der Waals surface area contributed by atoms with Gasteiger partial charge in [-0.15, -0.1) is 0 Å². The Morgan fingerprint density at radius 1 is 1.38 bits per heavy atom. The van der Waals surface area contributed by atoms with Crippen LogP contribution < -0.4 is 10.2 Å². The van der Waals surface area contributed by atoms with Crippen molar-refractivity contribution in [1.82, 2.24) is 15.3 Å². The molecule has 0 radical (unpaired) electrons. The fourth-order valence-corrected chi connectivity index (χ4v) is 2.78. The quantitative estimate of drug-likeness (QED) is 0.729. The van der Waals surface area contributed by atoms with E-state index in [0.29, 0.717) is 10.8 Å². The monoisotopic (exact) mass is 319 g/mol. The number of aromatic nitrogens is 2. The number of carbonyl (C=O) groups excluding carboxylic acids is 1. The Hall–Kier alpha value is -2.18. The van der Waals surface area contributed by atoms with E-state index in [1.54, 1.807) is 11.4 Å². The van der Waals surface area contributed by atoms with Gasteiger partial charge < -0.3 is 10.3 Å². The molecule has 0 aliphatic carbocycles. The lowest BCUT2D eigenvalue weighted by Crippen LogP contribution is -2.24. The summed E-state index contributed by atoms with van der Waals surface area (Å²) in [5.41, 5.74) is 0.904. The van der Waals surface area contributed by atoms with Crippen molar-refractivity contribution in [3.8, 4) is 0 Å². The SMILES string of the molecule is O=C(NCc1csc(=O)[nH]1)c1cc2ccccc2c(Cl)n1. The van der Waals surface area contributed by atoms with Crippen molar-refractivity contribution in [1.29, 1.82) is 0 Å². The zero-order chi connectivity index (χ0) is 14.8. The van der Waals surface area contributed by atoms with Crippen LogP contribution in [0.3, 0.4) is 0 Å². The Labute approximate surface area is 128 Å². The molecule has 0 aliphatic rings. The summed E-state index contributed by atoms with van der Waals surface area (Å²) in [7, 11) is 0. The Bertz CT molecular complexity index is 872. The first kappa shape index (κ1) is 13.8. The topological polar surface area (TPSA) is 74.8 Å². The van der Waals surface area contributed by atoms with Gasteiger partial charge in [0.2, 0.25) is 0 Å². The number of benzene rings is 1. The summed E-state index contributed by atoms with van der Waals surface area (Å²) < 4.78 is 0. The predicted molar refractivity (Wildman–Crippen MR) is 82.9 cm³/mol. The number of aromatic amines is 1. The first-order valence-electron chi connectivity index (χ1n) is 6.13. The van der Waals surface area contributed by atoms with Crippen LogP contribution in [-0.4, -0.2) is 15.9 Å². The van der Waals surface area contributed by atoms with E-state index < -0.39 is 0 Å². The van der Waals surface area contributed by atoms with Gasteiger partial charge in [-0.25, -0.2) is 4.98 Å². The molecule has 0 fully saturated rings. The molecule has 0 saturated heterocycles. The molecule has 0 unspecified atom stereocenters. The number of nitrogens with one attached hydrogen (secondary N) is 2. The molecule has 3 rings (SSSR count).